The minimum absolute atomic E-state index is 0.0151. The van der Waals surface area contributed by atoms with Gasteiger partial charge >= 0.3 is 11.9 Å². The third-order valence-corrected chi connectivity index (χ3v) is 2.79. The van der Waals surface area contributed by atoms with Crippen molar-refractivity contribution in [3.63, 3.8) is 0 Å². The number of methoxy groups -OCH3 is 1. The van der Waals surface area contributed by atoms with E-state index in [4.69, 9.17) is 10.5 Å². The van der Waals surface area contributed by atoms with Crippen molar-refractivity contribution in [1.29, 1.82) is 0 Å². The van der Waals surface area contributed by atoms with Crippen LogP contribution in [-0.4, -0.2) is 30.2 Å². The van der Waals surface area contributed by atoms with Gasteiger partial charge in [0.05, 0.1) is 19.2 Å². The highest BCUT2D eigenvalue weighted by Gasteiger charge is 2.28. The van der Waals surface area contributed by atoms with Crippen LogP contribution < -0.4 is 5.73 Å². The first-order chi connectivity index (χ1) is 8.61. The minimum Gasteiger partial charge on any atom is -0.469 e. The van der Waals surface area contributed by atoms with Crippen LogP contribution in [0.1, 0.15) is 35.8 Å². The fourth-order valence-corrected chi connectivity index (χ4v) is 1.72. The van der Waals surface area contributed by atoms with Crippen molar-refractivity contribution < 1.29 is 19.1 Å². The number of ether oxygens (including phenoxy) is 2. The third-order valence-electron chi connectivity index (χ3n) is 2.79. The van der Waals surface area contributed by atoms with Crippen LogP contribution in [0.2, 0.25) is 0 Å². The van der Waals surface area contributed by atoms with E-state index in [1.54, 1.807) is 12.3 Å². The Balaban J connectivity index is 1.94. The predicted molar refractivity (Wildman–Crippen MR) is 64.0 cm³/mol. The molecule has 0 amide bonds. The lowest BCUT2D eigenvalue weighted by molar-refractivity contribution is -0.141. The van der Waals surface area contributed by atoms with Gasteiger partial charge in [-0.1, -0.05) is 0 Å². The lowest BCUT2D eigenvalue weighted by Gasteiger charge is -2.07. The molecule has 1 saturated carbocycles. The smallest absolute Gasteiger partial charge is 0.355 e. The maximum atomic E-state index is 11.8. The van der Waals surface area contributed by atoms with Crippen LogP contribution in [0.5, 0.6) is 0 Å². The maximum Gasteiger partial charge on any atom is 0.355 e. The first kappa shape index (κ1) is 12.5. The normalized spacial score (nSPS) is 14.3. The SMILES string of the molecule is COC(=O)CCOC(=O)c1cc(N)cn1C1CC1. The fraction of sp³-hybridized carbons (Fsp3) is 0.500. The van der Waals surface area contributed by atoms with Gasteiger partial charge in [-0.15, -0.1) is 0 Å². The zero-order valence-electron chi connectivity index (χ0n) is 10.2. The molecule has 1 aromatic rings. The molecule has 0 unspecified atom stereocenters. The van der Waals surface area contributed by atoms with Gasteiger partial charge in [-0.3, -0.25) is 4.79 Å². The highest BCUT2D eigenvalue weighted by atomic mass is 16.5. The minimum atomic E-state index is -0.456. The number of hydrogen-bond acceptors (Lipinski definition) is 5. The Morgan fingerprint density at radius 2 is 2.22 bits per heavy atom. The quantitative estimate of drug-likeness (QED) is 0.794. The first-order valence-corrected chi connectivity index (χ1v) is 5.83. The van der Waals surface area contributed by atoms with Gasteiger partial charge in [0.25, 0.3) is 0 Å². The van der Waals surface area contributed by atoms with Gasteiger partial charge in [0, 0.05) is 12.2 Å². The zero-order valence-corrected chi connectivity index (χ0v) is 10.2. The van der Waals surface area contributed by atoms with Crippen LogP contribution in [-0.2, 0) is 14.3 Å². The van der Waals surface area contributed by atoms with E-state index < -0.39 is 11.9 Å². The van der Waals surface area contributed by atoms with Gasteiger partial charge < -0.3 is 19.8 Å². The van der Waals surface area contributed by atoms with Crippen molar-refractivity contribution in [3.8, 4) is 0 Å². The summed E-state index contributed by atoms with van der Waals surface area (Å²) >= 11 is 0. The van der Waals surface area contributed by atoms with Crippen LogP contribution in [0, 0.1) is 0 Å². The van der Waals surface area contributed by atoms with Crippen LogP contribution in [0.4, 0.5) is 5.69 Å². The summed E-state index contributed by atoms with van der Waals surface area (Å²) in [5.41, 5.74) is 6.67. The molecule has 0 aliphatic heterocycles. The summed E-state index contributed by atoms with van der Waals surface area (Å²) in [5, 5.41) is 0. The second kappa shape index (κ2) is 5.12. The molecular weight excluding hydrogens is 236 g/mol. The predicted octanol–water partition coefficient (Wildman–Crippen LogP) is 1.13. The Hall–Kier alpha value is -1.98. The average molecular weight is 252 g/mol. The Morgan fingerprint density at radius 1 is 1.50 bits per heavy atom. The van der Waals surface area contributed by atoms with E-state index in [9.17, 15) is 9.59 Å². The molecule has 1 fully saturated rings. The molecule has 98 valence electrons. The monoisotopic (exact) mass is 252 g/mol. The van der Waals surface area contributed by atoms with E-state index in [0.717, 1.165) is 12.8 Å². The van der Waals surface area contributed by atoms with Gasteiger partial charge in [-0.25, -0.2) is 4.79 Å². The van der Waals surface area contributed by atoms with E-state index >= 15 is 0 Å². The summed E-state index contributed by atoms with van der Waals surface area (Å²) in [5.74, 6) is -0.859. The Labute approximate surface area is 105 Å². The van der Waals surface area contributed by atoms with Gasteiger partial charge in [0.1, 0.15) is 12.3 Å². The van der Waals surface area contributed by atoms with E-state index in [1.807, 2.05) is 4.57 Å². The molecule has 0 spiro atoms. The molecular formula is C12H16N2O4. The molecule has 0 atom stereocenters. The van der Waals surface area contributed by atoms with Crippen LogP contribution in [0.25, 0.3) is 0 Å². The number of esters is 2. The van der Waals surface area contributed by atoms with Crippen molar-refractivity contribution in [2.24, 2.45) is 0 Å². The van der Waals surface area contributed by atoms with Crippen LogP contribution in [0.3, 0.4) is 0 Å². The molecule has 0 radical (unpaired) electrons. The highest BCUT2D eigenvalue weighted by molar-refractivity contribution is 5.89. The lowest BCUT2D eigenvalue weighted by atomic mass is 10.4. The number of hydrogen-bond donors (Lipinski definition) is 1. The molecule has 1 aliphatic carbocycles. The Kier molecular flexibility index (Phi) is 3.55. The van der Waals surface area contributed by atoms with E-state index in [-0.39, 0.29) is 13.0 Å². The number of anilines is 1. The van der Waals surface area contributed by atoms with Crippen molar-refractivity contribution in [2.75, 3.05) is 19.5 Å². The molecule has 0 saturated heterocycles. The van der Waals surface area contributed by atoms with Crippen molar-refractivity contribution in [3.05, 3.63) is 18.0 Å². The molecule has 0 bridgehead atoms. The number of nitrogens with zero attached hydrogens (tertiary/aromatic N) is 1. The Morgan fingerprint density at radius 3 is 2.83 bits per heavy atom. The second-order valence-corrected chi connectivity index (χ2v) is 4.26. The number of carbonyl (C=O) groups excluding carboxylic acids is 2. The van der Waals surface area contributed by atoms with Crippen LogP contribution in [0.15, 0.2) is 12.3 Å². The summed E-state index contributed by atoms with van der Waals surface area (Å²) < 4.78 is 11.3. The molecule has 2 N–H and O–H groups in total. The van der Waals surface area contributed by atoms with Gasteiger partial charge in [0.2, 0.25) is 0 Å². The van der Waals surface area contributed by atoms with E-state index in [0.29, 0.717) is 17.4 Å². The first-order valence-electron chi connectivity index (χ1n) is 5.83. The molecule has 6 nitrogen and oxygen atoms in total. The van der Waals surface area contributed by atoms with Gasteiger partial charge in [-0.2, -0.15) is 0 Å². The number of nitrogen functional groups attached to an aromatic ring is 1. The van der Waals surface area contributed by atoms with E-state index in [1.165, 1.54) is 7.11 Å². The largest absolute Gasteiger partial charge is 0.469 e. The number of aromatic nitrogens is 1. The molecule has 6 heteroatoms. The lowest BCUT2D eigenvalue weighted by Crippen LogP contribution is -2.14. The third kappa shape index (κ3) is 2.82. The average Bonchev–Trinajstić information content (AvgIpc) is 3.12. The van der Waals surface area contributed by atoms with E-state index in [2.05, 4.69) is 4.74 Å². The molecule has 2 rings (SSSR count). The number of rotatable bonds is 5. The fourth-order valence-electron chi connectivity index (χ4n) is 1.72. The van der Waals surface area contributed by atoms with Crippen molar-refractivity contribution >= 4 is 17.6 Å². The second-order valence-electron chi connectivity index (χ2n) is 4.26. The molecule has 1 aromatic heterocycles. The van der Waals surface area contributed by atoms with Crippen molar-refractivity contribution in [1.82, 2.24) is 4.57 Å². The highest BCUT2D eigenvalue weighted by Crippen LogP contribution is 2.37. The number of nitrogens with two attached hydrogens (primary N) is 1. The summed E-state index contributed by atoms with van der Waals surface area (Å²) in [6.45, 7) is 0.0151. The Bertz CT molecular complexity index is 463. The number of carbonyl (C=O) groups is 2. The standard InChI is InChI=1S/C12H16N2O4/c1-17-11(15)4-5-18-12(16)10-6-8(13)7-14(10)9-2-3-9/h6-7,9H,2-5,13H2,1H3. The molecule has 1 aliphatic rings. The maximum absolute atomic E-state index is 11.8. The molecule has 18 heavy (non-hydrogen) atoms. The van der Waals surface area contributed by atoms with Gasteiger partial charge in [-0.05, 0) is 18.9 Å². The topological polar surface area (TPSA) is 83.6 Å². The van der Waals surface area contributed by atoms with Crippen LogP contribution >= 0.6 is 0 Å². The van der Waals surface area contributed by atoms with Crippen molar-refractivity contribution in [2.45, 2.75) is 25.3 Å². The van der Waals surface area contributed by atoms with Gasteiger partial charge in [0.15, 0.2) is 0 Å². The molecule has 1 heterocycles. The molecule has 0 aromatic carbocycles. The zero-order chi connectivity index (χ0) is 13.1. The summed E-state index contributed by atoms with van der Waals surface area (Å²) in [6.07, 6.45) is 3.91. The summed E-state index contributed by atoms with van der Waals surface area (Å²) in [4.78, 5) is 22.7. The summed E-state index contributed by atoms with van der Waals surface area (Å²) in [7, 11) is 1.29. The summed E-state index contributed by atoms with van der Waals surface area (Å²) in [6, 6.07) is 1.95.